The average molecular weight is 821 g/mol. The molecule has 0 radical (unpaired) electrons. The lowest BCUT2D eigenvalue weighted by Crippen LogP contribution is -2.75. The van der Waals surface area contributed by atoms with Crippen LogP contribution in [-0.4, -0.2) is 87.1 Å². The summed E-state index contributed by atoms with van der Waals surface area (Å²) in [5, 5.41) is 0. The lowest BCUT2D eigenvalue weighted by Gasteiger charge is -2.81. The minimum Gasteiger partial charge on any atom is -0.392 e. The molecule has 0 heterocycles. The number of rotatable bonds is 24. The van der Waals surface area contributed by atoms with E-state index in [1.807, 2.05) is 0 Å². The SMILES string of the molecule is CCO[Si](C)(C=CC12CC3C4CC5(C=C[Si](C)(OCC)OCC)CC(C(C1)C3(C=C[Si](C)(OCC)OCC)C5)C4(C=C[Si](C)(OCC)OCC)C2)OCC. The summed E-state index contributed by atoms with van der Waals surface area (Å²) in [7, 11) is -9.97. The van der Waals surface area contributed by atoms with Gasteiger partial charge in [-0.1, -0.05) is 24.3 Å². The Bertz CT molecular complexity index is 1230. The molecule has 7 fully saturated rings. The highest BCUT2D eigenvalue weighted by Crippen LogP contribution is 2.85. The highest BCUT2D eigenvalue weighted by atomic mass is 28.4. The zero-order valence-electron chi connectivity index (χ0n) is 36.1. The van der Waals surface area contributed by atoms with Crippen molar-refractivity contribution in [2.45, 2.75) is 120 Å². The van der Waals surface area contributed by atoms with Crippen LogP contribution in [0.2, 0.25) is 26.2 Å². The number of hydrogen-bond acceptors (Lipinski definition) is 8. The van der Waals surface area contributed by atoms with Crippen LogP contribution in [0.3, 0.4) is 0 Å². The molecule has 4 atom stereocenters. The van der Waals surface area contributed by atoms with Crippen molar-refractivity contribution in [3.8, 4) is 0 Å². The summed E-state index contributed by atoms with van der Waals surface area (Å²) in [4.78, 5) is 0. The van der Waals surface area contributed by atoms with Crippen LogP contribution in [-0.2, 0) is 35.4 Å². The van der Waals surface area contributed by atoms with E-state index in [1.165, 1.54) is 25.7 Å². The molecule has 12 heteroatoms. The molecule has 4 unspecified atom stereocenters. The second kappa shape index (κ2) is 17.4. The quantitative estimate of drug-likeness (QED) is 0.0892. The van der Waals surface area contributed by atoms with Crippen molar-refractivity contribution >= 4 is 34.2 Å². The van der Waals surface area contributed by atoms with Crippen molar-refractivity contribution in [1.29, 1.82) is 0 Å². The van der Waals surface area contributed by atoms with E-state index in [0.717, 1.165) is 12.8 Å². The minimum atomic E-state index is -2.52. The zero-order valence-corrected chi connectivity index (χ0v) is 40.1. The molecule has 0 amide bonds. The fraction of sp³-hybridized carbons (Fsp3) is 0.810. The predicted octanol–water partition coefficient (Wildman–Crippen LogP) is 9.77. The van der Waals surface area contributed by atoms with E-state index in [0.29, 0.717) is 76.5 Å². The van der Waals surface area contributed by atoms with Crippen molar-refractivity contribution < 1.29 is 35.4 Å². The molecule has 0 N–H and O–H groups in total. The molecule has 7 aliphatic carbocycles. The lowest BCUT2D eigenvalue weighted by molar-refractivity contribution is -0.295. The van der Waals surface area contributed by atoms with Crippen LogP contribution in [0.1, 0.15) is 93.9 Å². The highest BCUT2D eigenvalue weighted by Gasteiger charge is 2.78. The topological polar surface area (TPSA) is 73.8 Å². The number of hydrogen-bond donors (Lipinski definition) is 0. The van der Waals surface area contributed by atoms with Crippen LogP contribution in [0.15, 0.2) is 47.1 Å². The Morgan fingerprint density at radius 1 is 0.370 bits per heavy atom. The van der Waals surface area contributed by atoms with Gasteiger partial charge in [0.15, 0.2) is 0 Å². The van der Waals surface area contributed by atoms with E-state index in [-0.39, 0.29) is 21.7 Å². The van der Waals surface area contributed by atoms with Gasteiger partial charge in [-0.2, -0.15) is 0 Å². The largest absolute Gasteiger partial charge is 0.392 e. The molecular formula is C42H76O8Si4. The fourth-order valence-corrected chi connectivity index (χ4v) is 20.7. The molecule has 54 heavy (non-hydrogen) atoms. The van der Waals surface area contributed by atoms with Crippen molar-refractivity contribution in [2.24, 2.45) is 45.3 Å². The molecule has 0 spiro atoms. The van der Waals surface area contributed by atoms with E-state index in [1.54, 1.807) is 0 Å². The molecule has 0 aromatic rings. The van der Waals surface area contributed by atoms with Gasteiger partial charge in [-0.25, -0.2) is 0 Å². The van der Waals surface area contributed by atoms with Crippen molar-refractivity contribution in [2.75, 3.05) is 52.9 Å². The van der Waals surface area contributed by atoms with E-state index in [9.17, 15) is 0 Å². The molecule has 7 rings (SSSR count). The van der Waals surface area contributed by atoms with Gasteiger partial charge in [0.25, 0.3) is 0 Å². The van der Waals surface area contributed by atoms with Crippen LogP contribution in [0, 0.1) is 45.3 Å². The van der Waals surface area contributed by atoms with Crippen LogP contribution in [0.4, 0.5) is 0 Å². The van der Waals surface area contributed by atoms with Crippen molar-refractivity contribution in [3.05, 3.63) is 47.1 Å². The summed E-state index contributed by atoms with van der Waals surface area (Å²) in [6.07, 6.45) is 17.6. The van der Waals surface area contributed by atoms with Gasteiger partial charge in [-0.05, 0) is 188 Å². The molecule has 0 aromatic carbocycles. The van der Waals surface area contributed by atoms with E-state index < -0.39 is 34.2 Å². The van der Waals surface area contributed by atoms with Crippen LogP contribution in [0.25, 0.3) is 0 Å². The molecule has 7 saturated carbocycles. The van der Waals surface area contributed by atoms with Gasteiger partial charge in [0, 0.05) is 52.9 Å². The Labute approximate surface area is 333 Å². The maximum Gasteiger partial charge on any atom is 0.361 e. The van der Waals surface area contributed by atoms with E-state index in [4.69, 9.17) is 35.4 Å². The third kappa shape index (κ3) is 8.61. The molecule has 8 nitrogen and oxygen atoms in total. The molecule has 7 aliphatic rings. The summed E-state index contributed by atoms with van der Waals surface area (Å²) < 4.78 is 51.4. The lowest BCUT2D eigenvalue weighted by atomic mass is 9.23. The van der Waals surface area contributed by atoms with Gasteiger partial charge in [0.1, 0.15) is 0 Å². The first-order valence-electron chi connectivity index (χ1n) is 21.5. The standard InChI is InChI=1S/C42H76O8Si4/c1-13-43-51(9,44-14-2)25-21-39-29-35-37-31-40(22-26-52(10,45-15-3)46-16-4)32-38(41(37,33-39)23-27-53(11,47-17-5)48-18-6)36(30-39)42(35,34-40)24-28-54(12,49-19-7)50-20-8/h21-28,35-38H,13-20,29-34H2,1-12H3. The monoisotopic (exact) mass is 820 g/mol. The molecule has 0 aliphatic heterocycles. The first-order chi connectivity index (χ1) is 25.6. The van der Waals surface area contributed by atoms with Crippen LogP contribution < -0.4 is 0 Å². The number of allylic oxidation sites excluding steroid dienone is 4. The van der Waals surface area contributed by atoms with Gasteiger partial charge in [0.05, 0.1) is 0 Å². The smallest absolute Gasteiger partial charge is 0.361 e. The van der Waals surface area contributed by atoms with Crippen molar-refractivity contribution in [1.82, 2.24) is 0 Å². The molecular weight excluding hydrogens is 745 g/mol. The molecule has 8 bridgehead atoms. The molecule has 308 valence electrons. The predicted molar refractivity (Wildman–Crippen MR) is 227 cm³/mol. The summed E-state index contributed by atoms with van der Waals surface area (Å²) in [6.45, 7) is 30.9. The maximum atomic E-state index is 6.46. The van der Waals surface area contributed by atoms with Crippen molar-refractivity contribution in [3.63, 3.8) is 0 Å². The van der Waals surface area contributed by atoms with Gasteiger partial charge in [-0.15, -0.1) is 0 Å². The Balaban J connectivity index is 1.69. The first kappa shape index (κ1) is 44.6. The fourth-order valence-electron chi connectivity index (χ4n) is 12.4. The second-order valence-electron chi connectivity index (χ2n) is 17.4. The summed E-state index contributed by atoms with van der Waals surface area (Å²) in [5.74, 6) is 2.15. The van der Waals surface area contributed by atoms with Gasteiger partial charge in [0.2, 0.25) is 0 Å². The van der Waals surface area contributed by atoms with Gasteiger partial charge >= 0.3 is 34.2 Å². The Hall–Kier alpha value is -0.492. The maximum absolute atomic E-state index is 6.46. The third-order valence-corrected chi connectivity index (χ3v) is 23.9. The Morgan fingerprint density at radius 3 is 0.778 bits per heavy atom. The normalized spacial score (nSPS) is 35.0. The highest BCUT2D eigenvalue weighted by molar-refractivity contribution is 6.72. The average Bonchev–Trinajstić information content (AvgIpc) is 3.12. The molecule has 0 saturated heterocycles. The van der Waals surface area contributed by atoms with E-state index in [2.05, 4.69) is 129 Å². The molecule has 0 aromatic heterocycles. The summed E-state index contributed by atoms with van der Waals surface area (Å²) in [6, 6.07) is 0. The summed E-state index contributed by atoms with van der Waals surface area (Å²) >= 11 is 0. The van der Waals surface area contributed by atoms with Gasteiger partial charge < -0.3 is 35.4 Å². The Morgan fingerprint density at radius 2 is 0.574 bits per heavy atom. The van der Waals surface area contributed by atoms with E-state index >= 15 is 0 Å². The van der Waals surface area contributed by atoms with Crippen LogP contribution >= 0.6 is 0 Å². The van der Waals surface area contributed by atoms with Crippen LogP contribution in [0.5, 0.6) is 0 Å². The second-order valence-corrected chi connectivity index (χ2v) is 29.2. The van der Waals surface area contributed by atoms with Gasteiger partial charge in [-0.3, -0.25) is 0 Å². The zero-order chi connectivity index (χ0) is 39.5. The third-order valence-electron chi connectivity index (χ3n) is 13.9. The minimum absolute atomic E-state index is 0.0596. The summed E-state index contributed by atoms with van der Waals surface area (Å²) in [5.41, 5.74) is 9.97. The Kier molecular flexibility index (Phi) is 14.4. The first-order valence-corrected chi connectivity index (χ1v) is 31.1.